The molecule has 3 atom stereocenters. The molecule has 0 spiro atoms. The van der Waals surface area contributed by atoms with Crippen molar-refractivity contribution in [1.29, 1.82) is 0 Å². The van der Waals surface area contributed by atoms with Gasteiger partial charge in [-0.05, 0) is 84.9 Å². The third kappa shape index (κ3) is 9.31. The van der Waals surface area contributed by atoms with Gasteiger partial charge in [-0.1, -0.05) is 57.0 Å². The molecule has 2 aromatic carbocycles. The molecular formula is C34H50N2O6S2. The van der Waals surface area contributed by atoms with Gasteiger partial charge in [-0.25, -0.2) is 13.2 Å². The quantitative estimate of drug-likeness (QED) is 0.264. The van der Waals surface area contributed by atoms with E-state index >= 15 is 0 Å². The van der Waals surface area contributed by atoms with Gasteiger partial charge in [0.1, 0.15) is 6.04 Å². The molecule has 44 heavy (non-hydrogen) atoms. The molecule has 1 aliphatic carbocycles. The van der Waals surface area contributed by atoms with Gasteiger partial charge in [0.25, 0.3) is 5.91 Å². The van der Waals surface area contributed by atoms with Crippen molar-refractivity contribution in [3.8, 4) is 11.1 Å². The summed E-state index contributed by atoms with van der Waals surface area (Å²) < 4.78 is 32.5. The number of carbonyl (C=O) groups is 2. The van der Waals surface area contributed by atoms with E-state index in [1.165, 1.54) is 18.2 Å². The fourth-order valence-corrected chi connectivity index (χ4v) is 9.19. The summed E-state index contributed by atoms with van der Waals surface area (Å²) >= 11 is 1.54. The number of carboxylic acid groups (broad SMARTS) is 1. The van der Waals surface area contributed by atoms with E-state index in [2.05, 4.69) is 10.2 Å². The molecule has 1 heterocycles. The number of carboxylic acids is 1. The van der Waals surface area contributed by atoms with Crippen molar-refractivity contribution in [3.05, 3.63) is 59.2 Å². The standard InChI is InChI=1S/C33H46N2O6S2.CH4/c1-23-9-7-8-12-28(23)30-17-25(13-14-29(30)32(36)34-31(33(37)38)15-16-42-3)19-35-20-27(18-26(35)21-41-2)43(39,40)22-24-10-5-4-6-11-24;/h7-9,12-14,17,24,26-27,31H,4-6,10-11,15-16,18-22H2,1-3H3,(H,34,36)(H,37,38);1H4/t26-,27-,31-;/m0./s1. The number of rotatable bonds is 14. The van der Waals surface area contributed by atoms with Crippen LogP contribution in [-0.4, -0.2) is 85.7 Å². The Morgan fingerprint density at radius 2 is 1.84 bits per heavy atom. The van der Waals surface area contributed by atoms with E-state index in [0.717, 1.165) is 47.9 Å². The number of hydrogen-bond acceptors (Lipinski definition) is 7. The fourth-order valence-electron chi connectivity index (χ4n) is 6.53. The van der Waals surface area contributed by atoms with Crippen LogP contribution < -0.4 is 5.32 Å². The minimum Gasteiger partial charge on any atom is -0.480 e. The molecular weight excluding hydrogens is 597 g/mol. The number of ether oxygens (including phenoxy) is 1. The van der Waals surface area contributed by atoms with Crippen LogP contribution in [0.1, 0.15) is 73.9 Å². The smallest absolute Gasteiger partial charge is 0.326 e. The molecule has 0 bridgehead atoms. The van der Waals surface area contributed by atoms with Gasteiger partial charge in [0.15, 0.2) is 9.84 Å². The summed E-state index contributed by atoms with van der Waals surface area (Å²) in [5.74, 6) is -0.309. The molecule has 2 N–H and O–H groups in total. The van der Waals surface area contributed by atoms with Gasteiger partial charge in [0, 0.05) is 31.8 Å². The first kappa shape index (κ1) is 36.1. The average molecular weight is 647 g/mol. The van der Waals surface area contributed by atoms with Gasteiger partial charge < -0.3 is 15.2 Å². The van der Waals surface area contributed by atoms with Crippen LogP contribution in [0.25, 0.3) is 11.1 Å². The maximum atomic E-state index is 13.5. The zero-order chi connectivity index (χ0) is 31.0. The predicted molar refractivity (Wildman–Crippen MR) is 180 cm³/mol. The molecule has 8 nitrogen and oxygen atoms in total. The van der Waals surface area contributed by atoms with Gasteiger partial charge in [0.05, 0.1) is 17.6 Å². The van der Waals surface area contributed by atoms with Crippen molar-refractivity contribution in [2.45, 2.75) is 83.2 Å². The Morgan fingerprint density at radius 1 is 1.11 bits per heavy atom. The largest absolute Gasteiger partial charge is 0.480 e. The van der Waals surface area contributed by atoms with E-state index in [0.29, 0.717) is 43.9 Å². The first-order valence-electron chi connectivity index (χ1n) is 15.3. The Morgan fingerprint density at radius 3 is 2.50 bits per heavy atom. The van der Waals surface area contributed by atoms with E-state index in [1.807, 2.05) is 49.6 Å². The van der Waals surface area contributed by atoms with Crippen LogP contribution in [0.5, 0.6) is 0 Å². The lowest BCUT2D eigenvalue weighted by Gasteiger charge is -2.25. The summed E-state index contributed by atoms with van der Waals surface area (Å²) in [5.41, 5.74) is 3.99. The monoisotopic (exact) mass is 646 g/mol. The zero-order valence-corrected chi connectivity index (χ0v) is 27.2. The Hall–Kier alpha value is -2.40. The van der Waals surface area contributed by atoms with Gasteiger partial charge in [-0.2, -0.15) is 11.8 Å². The molecule has 0 aromatic heterocycles. The van der Waals surface area contributed by atoms with Crippen LogP contribution in [0.3, 0.4) is 0 Å². The van der Waals surface area contributed by atoms with Crippen molar-refractivity contribution in [2.24, 2.45) is 5.92 Å². The summed E-state index contributed by atoms with van der Waals surface area (Å²) in [6, 6.07) is 12.5. The highest BCUT2D eigenvalue weighted by molar-refractivity contribution is 7.98. The highest BCUT2D eigenvalue weighted by atomic mass is 32.2. The number of aryl methyl sites for hydroxylation is 1. The first-order chi connectivity index (χ1) is 20.6. The van der Waals surface area contributed by atoms with Crippen LogP contribution in [0.15, 0.2) is 42.5 Å². The number of sulfone groups is 1. The first-order valence-corrected chi connectivity index (χ1v) is 18.4. The van der Waals surface area contributed by atoms with Crippen LogP contribution in [0.2, 0.25) is 0 Å². The molecule has 0 unspecified atom stereocenters. The molecule has 2 aliphatic rings. The molecule has 2 aromatic rings. The molecule has 244 valence electrons. The molecule has 1 saturated heterocycles. The molecule has 10 heteroatoms. The van der Waals surface area contributed by atoms with Crippen molar-refractivity contribution in [2.75, 3.05) is 38.0 Å². The summed E-state index contributed by atoms with van der Waals surface area (Å²) in [5, 5.41) is 12.0. The van der Waals surface area contributed by atoms with E-state index in [9.17, 15) is 23.1 Å². The maximum Gasteiger partial charge on any atom is 0.326 e. The Bertz CT molecular complexity index is 1360. The zero-order valence-electron chi connectivity index (χ0n) is 25.6. The van der Waals surface area contributed by atoms with Crippen molar-refractivity contribution in [1.82, 2.24) is 10.2 Å². The third-order valence-electron chi connectivity index (χ3n) is 8.91. The predicted octanol–water partition coefficient (Wildman–Crippen LogP) is 5.82. The third-order valence-corrected chi connectivity index (χ3v) is 11.8. The SMILES string of the molecule is C.COC[C@@H]1C[C@H](S(=O)(=O)CC2CCCCC2)CN1Cc1ccc(C(=O)N[C@@H](CCSC)C(=O)O)c(-c2ccccc2C)c1. The van der Waals surface area contributed by atoms with Crippen molar-refractivity contribution < 1.29 is 27.9 Å². The minimum absolute atomic E-state index is 0. The highest BCUT2D eigenvalue weighted by Gasteiger charge is 2.40. The number of likely N-dealkylation sites (tertiary alicyclic amines) is 1. The summed E-state index contributed by atoms with van der Waals surface area (Å²) in [7, 11) is -1.59. The van der Waals surface area contributed by atoms with Crippen LogP contribution in [0.4, 0.5) is 0 Å². The lowest BCUT2D eigenvalue weighted by molar-refractivity contribution is -0.139. The van der Waals surface area contributed by atoms with Crippen LogP contribution in [-0.2, 0) is 25.9 Å². The number of benzene rings is 2. The van der Waals surface area contributed by atoms with Crippen LogP contribution >= 0.6 is 11.8 Å². The lowest BCUT2D eigenvalue weighted by atomic mass is 9.91. The second kappa shape index (κ2) is 16.8. The number of amides is 1. The fraction of sp³-hybridized carbons (Fsp3) is 0.588. The van der Waals surface area contributed by atoms with Crippen molar-refractivity contribution >= 4 is 33.5 Å². The lowest BCUT2D eigenvalue weighted by Crippen LogP contribution is -2.41. The number of hydrogen-bond donors (Lipinski definition) is 2. The van der Waals surface area contributed by atoms with Gasteiger partial charge in [-0.3, -0.25) is 9.69 Å². The molecule has 1 saturated carbocycles. The maximum absolute atomic E-state index is 13.5. The number of nitrogens with one attached hydrogen (secondary N) is 1. The topological polar surface area (TPSA) is 113 Å². The molecule has 1 aliphatic heterocycles. The number of methoxy groups -OCH3 is 1. The highest BCUT2D eigenvalue weighted by Crippen LogP contribution is 2.33. The van der Waals surface area contributed by atoms with Gasteiger partial charge >= 0.3 is 5.97 Å². The van der Waals surface area contributed by atoms with E-state index < -0.39 is 33.0 Å². The van der Waals surface area contributed by atoms with E-state index in [-0.39, 0.29) is 25.1 Å². The van der Waals surface area contributed by atoms with Crippen LogP contribution in [0, 0.1) is 12.8 Å². The molecule has 2 fully saturated rings. The van der Waals surface area contributed by atoms with E-state index in [4.69, 9.17) is 4.74 Å². The van der Waals surface area contributed by atoms with Gasteiger partial charge in [0.2, 0.25) is 0 Å². The average Bonchev–Trinajstić information content (AvgIpc) is 3.39. The molecule has 0 radical (unpaired) electrons. The number of thioether (sulfide) groups is 1. The summed E-state index contributed by atoms with van der Waals surface area (Å²) in [6.45, 7) is 3.42. The minimum atomic E-state index is -3.24. The second-order valence-corrected chi connectivity index (χ2v) is 15.4. The second-order valence-electron chi connectivity index (χ2n) is 12.1. The number of aliphatic carboxylic acids is 1. The normalized spacial score (nSPS) is 20.2. The summed E-state index contributed by atoms with van der Waals surface area (Å²) in [6.07, 6.45) is 8.24. The van der Waals surface area contributed by atoms with E-state index in [1.54, 1.807) is 13.2 Å². The number of carbonyl (C=O) groups excluding carboxylic acids is 1. The number of nitrogens with zero attached hydrogens (tertiary/aromatic N) is 1. The van der Waals surface area contributed by atoms with Gasteiger partial charge in [-0.15, -0.1) is 0 Å². The molecule has 1 amide bonds. The Kier molecular flexibility index (Phi) is 13.8. The Labute approximate surface area is 268 Å². The molecule has 4 rings (SSSR count). The Balaban J connectivity index is 0.00000529. The van der Waals surface area contributed by atoms with Crippen molar-refractivity contribution in [3.63, 3.8) is 0 Å². The summed E-state index contributed by atoms with van der Waals surface area (Å²) in [4.78, 5) is 27.5.